The monoisotopic (exact) mass is 292 g/mol. The van der Waals surface area contributed by atoms with Crippen molar-refractivity contribution < 1.29 is 19.4 Å². The van der Waals surface area contributed by atoms with Gasteiger partial charge < -0.3 is 20.5 Å². The van der Waals surface area contributed by atoms with E-state index in [-0.39, 0.29) is 19.1 Å². The predicted octanol–water partition coefficient (Wildman–Crippen LogP) is 0.741. The molecule has 3 N–H and O–H groups in total. The summed E-state index contributed by atoms with van der Waals surface area (Å²) in [6.45, 7) is 5.32. The number of thioether (sulfide) groups is 1. The normalized spacial score (nSPS) is 12.7. The first kappa shape index (κ1) is 18.0. The zero-order valence-electron chi connectivity index (χ0n) is 12.0. The summed E-state index contributed by atoms with van der Waals surface area (Å²) in [5.74, 6) is 0.432. The summed E-state index contributed by atoms with van der Waals surface area (Å²) in [6, 6.07) is -0.645. The molecule has 19 heavy (non-hydrogen) atoms. The van der Waals surface area contributed by atoms with E-state index in [2.05, 4.69) is 10.6 Å². The van der Waals surface area contributed by atoms with Gasteiger partial charge in [-0.2, -0.15) is 11.8 Å². The Kier molecular flexibility index (Phi) is 8.58. The summed E-state index contributed by atoms with van der Waals surface area (Å²) in [5.41, 5.74) is -0.601. The van der Waals surface area contributed by atoms with Gasteiger partial charge in [0.1, 0.15) is 11.6 Å². The number of hydrogen-bond acceptors (Lipinski definition) is 5. The molecule has 0 aromatic rings. The number of ether oxygens (including phenoxy) is 1. The zero-order chi connectivity index (χ0) is 14.9. The van der Waals surface area contributed by atoms with Crippen molar-refractivity contribution in [3.63, 3.8) is 0 Å². The Morgan fingerprint density at radius 2 is 2.00 bits per heavy atom. The number of aliphatic hydroxyl groups excluding tert-OH is 1. The largest absolute Gasteiger partial charge is 0.444 e. The number of rotatable bonds is 7. The average Bonchev–Trinajstić information content (AvgIpc) is 2.29. The molecular weight excluding hydrogens is 268 g/mol. The molecule has 6 nitrogen and oxygen atoms in total. The minimum atomic E-state index is -0.645. The molecule has 0 aromatic carbocycles. The van der Waals surface area contributed by atoms with Crippen molar-refractivity contribution in [3.05, 3.63) is 0 Å². The lowest BCUT2D eigenvalue weighted by Crippen LogP contribution is -2.49. The first-order valence-corrected chi connectivity index (χ1v) is 7.56. The average molecular weight is 292 g/mol. The van der Waals surface area contributed by atoms with Gasteiger partial charge in [-0.3, -0.25) is 4.79 Å². The number of hydrogen-bond donors (Lipinski definition) is 3. The number of carbonyl (C=O) groups is 2. The molecule has 7 heteroatoms. The molecule has 0 aliphatic rings. The van der Waals surface area contributed by atoms with Gasteiger partial charge in [-0.25, -0.2) is 4.79 Å². The lowest BCUT2D eigenvalue weighted by atomic mass is 10.2. The van der Waals surface area contributed by atoms with E-state index in [1.165, 1.54) is 0 Å². The molecule has 1 unspecified atom stereocenters. The molecule has 0 aliphatic heterocycles. The molecule has 112 valence electrons. The molecule has 0 spiro atoms. The molecule has 0 fully saturated rings. The van der Waals surface area contributed by atoms with Crippen LogP contribution in [0.25, 0.3) is 0 Å². The summed E-state index contributed by atoms with van der Waals surface area (Å²) >= 11 is 1.59. The quantitative estimate of drug-likeness (QED) is 0.644. The van der Waals surface area contributed by atoms with Gasteiger partial charge in [0.2, 0.25) is 5.91 Å². The minimum absolute atomic E-state index is 0.132. The Bertz CT molecular complexity index is 292. The third-order valence-corrected chi connectivity index (χ3v) is 2.67. The van der Waals surface area contributed by atoms with E-state index in [4.69, 9.17) is 9.84 Å². The van der Waals surface area contributed by atoms with Crippen LogP contribution in [-0.4, -0.2) is 53.9 Å². The van der Waals surface area contributed by atoms with Crippen LogP contribution in [-0.2, 0) is 9.53 Å². The summed E-state index contributed by atoms with van der Waals surface area (Å²) in [5, 5.41) is 13.8. The Labute approximate surface area is 118 Å². The third-order valence-electron chi connectivity index (χ3n) is 2.03. The van der Waals surface area contributed by atoms with E-state index in [1.807, 2.05) is 6.26 Å². The van der Waals surface area contributed by atoms with Crippen LogP contribution in [0.15, 0.2) is 0 Å². The highest BCUT2D eigenvalue weighted by Gasteiger charge is 2.23. The van der Waals surface area contributed by atoms with E-state index in [0.717, 1.165) is 5.75 Å². The van der Waals surface area contributed by atoms with Crippen LogP contribution < -0.4 is 10.6 Å². The van der Waals surface area contributed by atoms with E-state index in [0.29, 0.717) is 6.42 Å². The second kappa shape index (κ2) is 9.03. The topological polar surface area (TPSA) is 87.7 Å². The zero-order valence-corrected chi connectivity index (χ0v) is 12.8. The van der Waals surface area contributed by atoms with Gasteiger partial charge >= 0.3 is 6.09 Å². The standard InChI is InChI=1S/C12H24N2O4S/c1-12(2,3)18-11(17)14-9(5-8-19-4)10(16)13-6-7-15/h9,15H,5-8H2,1-4H3,(H,13,16)(H,14,17). The fourth-order valence-corrected chi connectivity index (χ4v) is 1.73. The number of alkyl carbamates (subject to hydrolysis) is 1. The predicted molar refractivity (Wildman–Crippen MR) is 76.3 cm³/mol. The number of aliphatic hydroxyl groups is 1. The molecule has 0 saturated heterocycles. The molecule has 0 rings (SSSR count). The highest BCUT2D eigenvalue weighted by atomic mass is 32.2. The lowest BCUT2D eigenvalue weighted by Gasteiger charge is -2.23. The molecule has 0 heterocycles. The summed E-state index contributed by atoms with van der Waals surface area (Å²) < 4.78 is 5.12. The van der Waals surface area contributed by atoms with Gasteiger partial charge in [0.25, 0.3) is 0 Å². The molecule has 0 radical (unpaired) electrons. The van der Waals surface area contributed by atoms with Crippen molar-refractivity contribution >= 4 is 23.8 Å². The number of amides is 2. The summed E-state index contributed by atoms with van der Waals surface area (Å²) in [6.07, 6.45) is 1.83. The minimum Gasteiger partial charge on any atom is -0.444 e. The van der Waals surface area contributed by atoms with Gasteiger partial charge in [-0.1, -0.05) is 0 Å². The fraction of sp³-hybridized carbons (Fsp3) is 0.833. The van der Waals surface area contributed by atoms with Crippen LogP contribution in [0.4, 0.5) is 4.79 Å². The summed E-state index contributed by atoms with van der Waals surface area (Å²) in [4.78, 5) is 23.4. The molecule has 0 aromatic heterocycles. The molecule has 0 aliphatic carbocycles. The van der Waals surface area contributed by atoms with E-state index >= 15 is 0 Å². The molecule has 1 atom stereocenters. The van der Waals surface area contributed by atoms with E-state index in [1.54, 1.807) is 32.5 Å². The van der Waals surface area contributed by atoms with Crippen LogP contribution in [0.5, 0.6) is 0 Å². The van der Waals surface area contributed by atoms with Gasteiger partial charge in [-0.05, 0) is 39.2 Å². The van der Waals surface area contributed by atoms with Gasteiger partial charge in [0.05, 0.1) is 6.61 Å². The van der Waals surface area contributed by atoms with Crippen molar-refractivity contribution in [2.24, 2.45) is 0 Å². The SMILES string of the molecule is CSCCC(NC(=O)OC(C)(C)C)C(=O)NCCO. The van der Waals surface area contributed by atoms with Gasteiger partial charge in [-0.15, -0.1) is 0 Å². The third kappa shape index (κ3) is 9.61. The first-order valence-electron chi connectivity index (χ1n) is 6.17. The van der Waals surface area contributed by atoms with Crippen molar-refractivity contribution in [2.45, 2.75) is 38.8 Å². The Hall–Kier alpha value is -0.950. The highest BCUT2D eigenvalue weighted by molar-refractivity contribution is 7.98. The van der Waals surface area contributed by atoms with Crippen molar-refractivity contribution in [3.8, 4) is 0 Å². The van der Waals surface area contributed by atoms with E-state index in [9.17, 15) is 9.59 Å². The highest BCUT2D eigenvalue weighted by Crippen LogP contribution is 2.08. The maximum Gasteiger partial charge on any atom is 0.408 e. The second-order valence-electron chi connectivity index (χ2n) is 4.99. The maximum atomic E-state index is 11.8. The fourth-order valence-electron chi connectivity index (χ4n) is 1.26. The van der Waals surface area contributed by atoms with Gasteiger partial charge in [0, 0.05) is 6.54 Å². The number of nitrogens with one attached hydrogen (secondary N) is 2. The first-order chi connectivity index (χ1) is 8.80. The van der Waals surface area contributed by atoms with Gasteiger partial charge in [0.15, 0.2) is 0 Å². The number of carbonyl (C=O) groups excluding carboxylic acids is 2. The Morgan fingerprint density at radius 3 is 2.47 bits per heavy atom. The Morgan fingerprint density at radius 1 is 1.37 bits per heavy atom. The summed E-state index contributed by atoms with van der Waals surface area (Å²) in [7, 11) is 0. The van der Waals surface area contributed by atoms with Crippen LogP contribution in [0.1, 0.15) is 27.2 Å². The van der Waals surface area contributed by atoms with Crippen molar-refractivity contribution in [1.82, 2.24) is 10.6 Å². The van der Waals surface area contributed by atoms with Crippen LogP contribution >= 0.6 is 11.8 Å². The molecule has 0 bridgehead atoms. The van der Waals surface area contributed by atoms with Crippen LogP contribution in [0, 0.1) is 0 Å². The van der Waals surface area contributed by atoms with E-state index < -0.39 is 17.7 Å². The molecule has 0 saturated carbocycles. The maximum absolute atomic E-state index is 11.8. The Balaban J connectivity index is 4.41. The van der Waals surface area contributed by atoms with Crippen molar-refractivity contribution in [1.29, 1.82) is 0 Å². The van der Waals surface area contributed by atoms with Crippen LogP contribution in [0.3, 0.4) is 0 Å². The molecular formula is C12H24N2O4S. The molecule has 2 amide bonds. The van der Waals surface area contributed by atoms with Crippen molar-refractivity contribution in [2.75, 3.05) is 25.2 Å². The lowest BCUT2D eigenvalue weighted by molar-refractivity contribution is -0.123. The van der Waals surface area contributed by atoms with Crippen LogP contribution in [0.2, 0.25) is 0 Å². The smallest absolute Gasteiger partial charge is 0.408 e. The second-order valence-corrected chi connectivity index (χ2v) is 5.98.